The van der Waals surface area contributed by atoms with Gasteiger partial charge in [-0.05, 0) is 70.4 Å². The van der Waals surface area contributed by atoms with Crippen molar-refractivity contribution in [2.45, 2.75) is 13.5 Å². The van der Waals surface area contributed by atoms with Crippen molar-refractivity contribution in [1.29, 1.82) is 5.26 Å². The zero-order valence-electron chi connectivity index (χ0n) is 17.9. The molecule has 4 aromatic rings. The fraction of sp³-hybridized carbons (Fsp3) is 0.167. The molecule has 3 aromatic carbocycles. The molecule has 0 N–H and O–H groups in total. The topological polar surface area (TPSA) is 95.0 Å². The van der Waals surface area contributed by atoms with Crippen LogP contribution in [0.4, 0.5) is 0 Å². The Morgan fingerprint density at radius 2 is 1.75 bits per heavy atom. The van der Waals surface area contributed by atoms with Gasteiger partial charge in [0.1, 0.15) is 18.1 Å². The van der Waals surface area contributed by atoms with Crippen molar-refractivity contribution in [2.75, 3.05) is 7.11 Å². The molecule has 160 valence electrons. The molecule has 0 aliphatic carbocycles. The van der Waals surface area contributed by atoms with Crippen molar-refractivity contribution in [1.82, 2.24) is 19.8 Å². The zero-order valence-corrected chi connectivity index (χ0v) is 17.9. The van der Waals surface area contributed by atoms with Crippen LogP contribution in [0.5, 0.6) is 11.5 Å². The largest absolute Gasteiger partial charge is 0.496 e. The van der Waals surface area contributed by atoms with Crippen molar-refractivity contribution < 1.29 is 9.47 Å². The predicted molar refractivity (Wildman–Crippen MR) is 119 cm³/mol. The average Bonchev–Trinajstić information content (AvgIpc) is 3.16. The summed E-state index contributed by atoms with van der Waals surface area (Å²) >= 11 is 0. The molecule has 0 aliphatic rings. The van der Waals surface area contributed by atoms with Crippen LogP contribution in [0.25, 0.3) is 16.8 Å². The van der Waals surface area contributed by atoms with E-state index in [9.17, 15) is 4.79 Å². The van der Waals surface area contributed by atoms with Crippen molar-refractivity contribution in [2.24, 2.45) is 7.05 Å². The number of nitriles is 1. The fourth-order valence-electron chi connectivity index (χ4n) is 3.43. The molecule has 0 fully saturated rings. The molecule has 0 amide bonds. The van der Waals surface area contributed by atoms with E-state index in [4.69, 9.17) is 14.7 Å². The first-order valence-corrected chi connectivity index (χ1v) is 9.91. The number of aromatic nitrogens is 4. The van der Waals surface area contributed by atoms with Gasteiger partial charge < -0.3 is 9.47 Å². The summed E-state index contributed by atoms with van der Waals surface area (Å²) < 4.78 is 14.0. The highest BCUT2D eigenvalue weighted by Gasteiger charge is 2.16. The third kappa shape index (κ3) is 3.96. The molecule has 8 nitrogen and oxygen atoms in total. The minimum Gasteiger partial charge on any atom is -0.496 e. The van der Waals surface area contributed by atoms with E-state index in [1.54, 1.807) is 38.4 Å². The zero-order chi connectivity index (χ0) is 22.7. The van der Waals surface area contributed by atoms with Gasteiger partial charge in [-0.25, -0.2) is 4.79 Å². The molecule has 0 radical (unpaired) electrons. The number of methoxy groups -OCH3 is 1. The lowest BCUT2D eigenvalue weighted by Crippen LogP contribution is -2.23. The van der Waals surface area contributed by atoms with Gasteiger partial charge in [0, 0.05) is 7.05 Å². The highest BCUT2D eigenvalue weighted by molar-refractivity contribution is 5.66. The van der Waals surface area contributed by atoms with Crippen LogP contribution >= 0.6 is 0 Å². The lowest BCUT2D eigenvalue weighted by Gasteiger charge is -2.15. The highest BCUT2D eigenvalue weighted by atomic mass is 16.5. The van der Waals surface area contributed by atoms with Crippen LogP contribution in [0.1, 0.15) is 16.7 Å². The molecule has 0 unspecified atom stereocenters. The molecular weight excluding hydrogens is 406 g/mol. The third-order valence-corrected chi connectivity index (χ3v) is 5.17. The van der Waals surface area contributed by atoms with E-state index < -0.39 is 0 Å². The summed E-state index contributed by atoms with van der Waals surface area (Å²) in [7, 11) is 3.11. The Labute approximate surface area is 184 Å². The van der Waals surface area contributed by atoms with Gasteiger partial charge in [-0.2, -0.15) is 14.6 Å². The average molecular weight is 427 g/mol. The third-order valence-electron chi connectivity index (χ3n) is 5.17. The molecule has 1 heterocycles. The molecule has 4 rings (SSSR count). The van der Waals surface area contributed by atoms with E-state index in [1.165, 1.54) is 4.68 Å². The Morgan fingerprint density at radius 1 is 1.00 bits per heavy atom. The van der Waals surface area contributed by atoms with E-state index in [0.29, 0.717) is 28.3 Å². The van der Waals surface area contributed by atoms with Gasteiger partial charge in [0.25, 0.3) is 0 Å². The van der Waals surface area contributed by atoms with Gasteiger partial charge in [0.2, 0.25) is 0 Å². The molecule has 8 heteroatoms. The number of nitrogens with zero attached hydrogens (tertiary/aromatic N) is 5. The van der Waals surface area contributed by atoms with E-state index in [2.05, 4.69) is 16.5 Å². The Bertz CT molecular complexity index is 1360. The van der Waals surface area contributed by atoms with Crippen LogP contribution in [-0.4, -0.2) is 26.9 Å². The number of ether oxygens (including phenoxy) is 2. The van der Waals surface area contributed by atoms with Gasteiger partial charge in [0.15, 0.2) is 0 Å². The van der Waals surface area contributed by atoms with Crippen molar-refractivity contribution in [3.63, 3.8) is 0 Å². The molecular formula is C24H21N5O3. The SMILES string of the molecule is COc1cccc(-n2nnn(C)c2=O)c1COc1ccc(-c2ccc(C#N)cc2)cc1C. The van der Waals surface area contributed by atoms with Gasteiger partial charge in [-0.15, -0.1) is 0 Å². The fourth-order valence-corrected chi connectivity index (χ4v) is 3.43. The van der Waals surface area contributed by atoms with Crippen LogP contribution in [-0.2, 0) is 13.7 Å². The minimum absolute atomic E-state index is 0.180. The number of hydrogen-bond donors (Lipinski definition) is 0. The Balaban J connectivity index is 1.62. The Kier molecular flexibility index (Phi) is 5.73. The minimum atomic E-state index is -0.359. The van der Waals surface area contributed by atoms with Crippen LogP contribution in [0.15, 0.2) is 65.5 Å². The molecule has 32 heavy (non-hydrogen) atoms. The summed E-state index contributed by atoms with van der Waals surface area (Å²) in [6, 6.07) is 20.9. The molecule has 1 aromatic heterocycles. The number of benzene rings is 3. The quantitative estimate of drug-likeness (QED) is 0.468. The lowest BCUT2D eigenvalue weighted by molar-refractivity contribution is 0.294. The van der Waals surface area contributed by atoms with Gasteiger partial charge in [-0.1, -0.05) is 24.3 Å². The second kappa shape index (κ2) is 8.78. The predicted octanol–water partition coefficient (Wildman–Crippen LogP) is 3.40. The Morgan fingerprint density at radius 3 is 2.38 bits per heavy atom. The molecule has 0 bridgehead atoms. The van der Waals surface area contributed by atoms with Crippen molar-refractivity contribution in [3.8, 4) is 34.4 Å². The molecule has 0 spiro atoms. The molecule has 0 atom stereocenters. The summed E-state index contributed by atoms with van der Waals surface area (Å²) in [5.41, 5.74) is 4.52. The number of aryl methyl sites for hydroxylation is 2. The summed E-state index contributed by atoms with van der Waals surface area (Å²) in [5, 5.41) is 16.7. The van der Waals surface area contributed by atoms with E-state index in [-0.39, 0.29) is 12.3 Å². The van der Waals surface area contributed by atoms with Gasteiger partial charge in [-0.3, -0.25) is 0 Å². The maximum atomic E-state index is 12.4. The van der Waals surface area contributed by atoms with Crippen molar-refractivity contribution in [3.05, 3.63) is 87.8 Å². The van der Waals surface area contributed by atoms with Gasteiger partial charge in [0.05, 0.1) is 30.0 Å². The smallest absolute Gasteiger partial charge is 0.368 e. The van der Waals surface area contributed by atoms with Crippen LogP contribution in [0.2, 0.25) is 0 Å². The number of rotatable bonds is 6. The molecule has 0 saturated carbocycles. The first-order chi connectivity index (χ1) is 15.5. The monoisotopic (exact) mass is 427 g/mol. The van der Waals surface area contributed by atoms with Crippen LogP contribution in [0.3, 0.4) is 0 Å². The lowest BCUT2D eigenvalue weighted by atomic mass is 10.0. The van der Waals surface area contributed by atoms with E-state index in [0.717, 1.165) is 21.4 Å². The maximum absolute atomic E-state index is 12.4. The number of hydrogen-bond acceptors (Lipinski definition) is 6. The van der Waals surface area contributed by atoms with Crippen LogP contribution in [0, 0.1) is 18.3 Å². The summed E-state index contributed by atoms with van der Waals surface area (Å²) in [5.74, 6) is 1.30. The van der Waals surface area contributed by atoms with E-state index >= 15 is 0 Å². The van der Waals surface area contributed by atoms with E-state index in [1.807, 2.05) is 43.3 Å². The second-order valence-corrected chi connectivity index (χ2v) is 7.21. The Hall–Kier alpha value is -4.38. The van der Waals surface area contributed by atoms with Crippen molar-refractivity contribution >= 4 is 0 Å². The molecule has 0 saturated heterocycles. The summed E-state index contributed by atoms with van der Waals surface area (Å²) in [4.78, 5) is 12.4. The maximum Gasteiger partial charge on any atom is 0.368 e. The standard InChI is InChI=1S/C24H21N5O3/c1-16-13-19(18-9-7-17(14-25)8-10-18)11-12-22(16)32-15-20-21(5-4-6-23(20)31-3)29-24(30)28(2)26-27-29/h4-13H,15H2,1-3H3. The number of tetrazole rings is 1. The van der Waals surface area contributed by atoms with Crippen LogP contribution < -0.4 is 15.2 Å². The first-order valence-electron chi connectivity index (χ1n) is 9.91. The highest BCUT2D eigenvalue weighted by Crippen LogP contribution is 2.30. The summed E-state index contributed by atoms with van der Waals surface area (Å²) in [6.45, 7) is 2.15. The summed E-state index contributed by atoms with van der Waals surface area (Å²) in [6.07, 6.45) is 0. The van der Waals surface area contributed by atoms with Gasteiger partial charge >= 0.3 is 5.69 Å². The second-order valence-electron chi connectivity index (χ2n) is 7.21. The molecule has 0 aliphatic heterocycles. The first kappa shape index (κ1) is 20.9. The normalized spacial score (nSPS) is 10.6.